The van der Waals surface area contributed by atoms with E-state index in [4.69, 9.17) is 16.3 Å². The highest BCUT2D eigenvalue weighted by Crippen LogP contribution is 2.31. The Morgan fingerprint density at radius 3 is 2.56 bits per heavy atom. The minimum absolute atomic E-state index is 0.0478. The smallest absolute Gasteiger partial charge is 0.329 e. The number of methoxy groups -OCH3 is 1. The Labute approximate surface area is 189 Å². The van der Waals surface area contributed by atoms with Crippen LogP contribution in [-0.4, -0.2) is 36.5 Å². The summed E-state index contributed by atoms with van der Waals surface area (Å²) in [4.78, 5) is 37.3. The molecule has 3 aromatic rings. The van der Waals surface area contributed by atoms with E-state index in [1.807, 2.05) is 48.5 Å². The van der Waals surface area contributed by atoms with Gasteiger partial charge in [0.1, 0.15) is 24.6 Å². The van der Waals surface area contributed by atoms with E-state index in [0.717, 1.165) is 21.2 Å². The number of nitrogens with zero attached hydrogens (tertiary/aromatic N) is 1. The van der Waals surface area contributed by atoms with Crippen molar-refractivity contribution in [3.8, 4) is 5.75 Å². The largest absolute Gasteiger partial charge is 0.488 e. The maximum atomic E-state index is 12.7. The summed E-state index contributed by atoms with van der Waals surface area (Å²) in [6, 6.07) is 18.0. The monoisotopic (exact) mass is 450 g/mol. The molecule has 3 amide bonds. The standard InChI is InChI=1S/C24H19ClN2O5/c1-31-22(28)13-27-23(29)20(26-24(27)30)12-19-18-5-3-2-4-16(18)8-11-21(19)32-14-15-6-9-17(25)10-7-15/h2-12H,13-14H2,1H3,(H,26,30)/b20-12+. The number of halogens is 1. The second kappa shape index (κ2) is 9.11. The number of rotatable bonds is 6. The minimum Gasteiger partial charge on any atom is -0.488 e. The molecule has 0 atom stereocenters. The predicted molar refractivity (Wildman–Crippen MR) is 120 cm³/mol. The van der Waals surface area contributed by atoms with Crippen molar-refractivity contribution in [2.24, 2.45) is 0 Å². The fourth-order valence-electron chi connectivity index (χ4n) is 3.35. The third-order valence-corrected chi connectivity index (χ3v) is 5.26. The lowest BCUT2D eigenvalue weighted by atomic mass is 10.0. The van der Waals surface area contributed by atoms with Gasteiger partial charge in [-0.15, -0.1) is 0 Å². The molecule has 32 heavy (non-hydrogen) atoms. The molecule has 0 unspecified atom stereocenters. The van der Waals surface area contributed by atoms with Crippen LogP contribution in [-0.2, 0) is 20.9 Å². The van der Waals surface area contributed by atoms with Crippen molar-refractivity contribution in [2.45, 2.75) is 6.61 Å². The summed E-state index contributed by atoms with van der Waals surface area (Å²) < 4.78 is 10.6. The quantitative estimate of drug-likeness (QED) is 0.346. The van der Waals surface area contributed by atoms with Crippen LogP contribution >= 0.6 is 11.6 Å². The number of carbonyl (C=O) groups is 3. The molecule has 1 fully saturated rings. The summed E-state index contributed by atoms with van der Waals surface area (Å²) in [5.74, 6) is -0.761. The Kier molecular flexibility index (Phi) is 6.09. The van der Waals surface area contributed by atoms with Gasteiger partial charge in [0.25, 0.3) is 5.91 Å². The van der Waals surface area contributed by atoms with Crippen LogP contribution in [0.25, 0.3) is 16.8 Å². The van der Waals surface area contributed by atoms with Crippen LogP contribution in [0.3, 0.4) is 0 Å². The molecule has 3 aromatic carbocycles. The zero-order valence-electron chi connectivity index (χ0n) is 17.1. The fraction of sp³-hybridized carbons (Fsp3) is 0.125. The molecule has 1 N–H and O–H groups in total. The number of nitrogens with one attached hydrogen (secondary N) is 1. The zero-order valence-corrected chi connectivity index (χ0v) is 17.9. The molecule has 162 valence electrons. The number of hydrogen-bond acceptors (Lipinski definition) is 5. The van der Waals surface area contributed by atoms with E-state index in [1.165, 1.54) is 7.11 Å². The molecule has 0 saturated carbocycles. The molecule has 0 spiro atoms. The maximum Gasteiger partial charge on any atom is 0.329 e. The molecule has 4 rings (SSSR count). The minimum atomic E-state index is -0.688. The molecule has 1 heterocycles. The van der Waals surface area contributed by atoms with E-state index < -0.39 is 24.5 Å². The van der Waals surface area contributed by atoms with Crippen LogP contribution in [0.4, 0.5) is 4.79 Å². The molecule has 1 aliphatic rings. The molecule has 7 nitrogen and oxygen atoms in total. The molecule has 1 saturated heterocycles. The van der Waals surface area contributed by atoms with Crippen molar-refractivity contribution >= 4 is 46.4 Å². The zero-order chi connectivity index (χ0) is 22.7. The van der Waals surface area contributed by atoms with Crippen LogP contribution in [0, 0.1) is 0 Å². The van der Waals surface area contributed by atoms with Crippen LogP contribution in [0.5, 0.6) is 5.75 Å². The number of esters is 1. The number of fused-ring (bicyclic) bond motifs is 1. The second-order valence-electron chi connectivity index (χ2n) is 7.07. The van der Waals surface area contributed by atoms with E-state index in [1.54, 1.807) is 18.2 Å². The lowest BCUT2D eigenvalue weighted by Gasteiger charge is -2.13. The Bertz CT molecular complexity index is 1240. The second-order valence-corrected chi connectivity index (χ2v) is 7.51. The van der Waals surface area contributed by atoms with Crippen LogP contribution in [0.1, 0.15) is 11.1 Å². The average Bonchev–Trinajstić information content (AvgIpc) is 3.06. The highest BCUT2D eigenvalue weighted by molar-refractivity contribution is 6.30. The van der Waals surface area contributed by atoms with Gasteiger partial charge in [-0.25, -0.2) is 9.69 Å². The summed E-state index contributed by atoms with van der Waals surface area (Å²) in [5.41, 5.74) is 1.61. The molecule has 1 aliphatic heterocycles. The van der Waals surface area contributed by atoms with Crippen molar-refractivity contribution < 1.29 is 23.9 Å². The van der Waals surface area contributed by atoms with Gasteiger partial charge >= 0.3 is 12.0 Å². The molecule has 0 aromatic heterocycles. The Morgan fingerprint density at radius 2 is 1.81 bits per heavy atom. The highest BCUT2D eigenvalue weighted by Gasteiger charge is 2.35. The van der Waals surface area contributed by atoms with Crippen molar-refractivity contribution in [3.63, 3.8) is 0 Å². The summed E-state index contributed by atoms with van der Waals surface area (Å²) >= 11 is 5.94. The molecular weight excluding hydrogens is 432 g/mol. The van der Waals surface area contributed by atoms with Gasteiger partial charge in [0.15, 0.2) is 0 Å². The predicted octanol–water partition coefficient (Wildman–Crippen LogP) is 4.14. The van der Waals surface area contributed by atoms with Gasteiger partial charge in [0, 0.05) is 10.6 Å². The molecular formula is C24H19ClN2O5. The van der Waals surface area contributed by atoms with Gasteiger partial charge in [-0.05, 0) is 40.6 Å². The Hall–Kier alpha value is -3.84. The number of urea groups is 1. The number of carbonyl (C=O) groups excluding carboxylic acids is 3. The highest BCUT2D eigenvalue weighted by atomic mass is 35.5. The van der Waals surface area contributed by atoms with Gasteiger partial charge in [0.2, 0.25) is 0 Å². The summed E-state index contributed by atoms with van der Waals surface area (Å²) in [5, 5.41) is 4.96. The Morgan fingerprint density at radius 1 is 1.06 bits per heavy atom. The van der Waals surface area contributed by atoms with Gasteiger partial charge in [0.05, 0.1) is 7.11 Å². The number of imide groups is 1. The molecule has 0 bridgehead atoms. The van der Waals surface area contributed by atoms with Gasteiger partial charge < -0.3 is 14.8 Å². The number of hydrogen-bond donors (Lipinski definition) is 1. The van der Waals surface area contributed by atoms with E-state index >= 15 is 0 Å². The lowest BCUT2D eigenvalue weighted by molar-refractivity contribution is -0.143. The van der Waals surface area contributed by atoms with Gasteiger partial charge in [-0.1, -0.05) is 54.1 Å². The third-order valence-electron chi connectivity index (χ3n) is 5.00. The first-order chi connectivity index (χ1) is 15.5. The SMILES string of the molecule is COC(=O)CN1C(=O)N/C(=C/c2c(OCc3ccc(Cl)cc3)ccc3ccccc23)C1=O. The number of amides is 3. The van der Waals surface area contributed by atoms with Crippen molar-refractivity contribution in [3.05, 3.63) is 82.5 Å². The van der Waals surface area contributed by atoms with E-state index in [-0.39, 0.29) is 5.70 Å². The van der Waals surface area contributed by atoms with Gasteiger partial charge in [-0.3, -0.25) is 9.59 Å². The van der Waals surface area contributed by atoms with Crippen LogP contribution < -0.4 is 10.1 Å². The average molecular weight is 451 g/mol. The first kappa shape index (κ1) is 21.4. The van der Waals surface area contributed by atoms with Gasteiger partial charge in [-0.2, -0.15) is 0 Å². The Balaban J connectivity index is 1.69. The fourth-order valence-corrected chi connectivity index (χ4v) is 3.47. The lowest BCUT2D eigenvalue weighted by Crippen LogP contribution is -2.36. The first-order valence-corrected chi connectivity index (χ1v) is 10.1. The van der Waals surface area contributed by atoms with Crippen molar-refractivity contribution in [1.29, 1.82) is 0 Å². The summed E-state index contributed by atoms with van der Waals surface area (Å²) in [6.45, 7) is -0.172. The molecule has 8 heteroatoms. The van der Waals surface area contributed by atoms with Crippen molar-refractivity contribution in [1.82, 2.24) is 10.2 Å². The maximum absolute atomic E-state index is 12.7. The molecule has 0 aliphatic carbocycles. The molecule has 0 radical (unpaired) electrons. The van der Waals surface area contributed by atoms with Crippen LogP contribution in [0.2, 0.25) is 5.02 Å². The first-order valence-electron chi connectivity index (χ1n) is 9.76. The van der Waals surface area contributed by atoms with Crippen LogP contribution in [0.15, 0.2) is 66.4 Å². The summed E-state index contributed by atoms with van der Waals surface area (Å²) in [7, 11) is 1.19. The van der Waals surface area contributed by atoms with E-state index in [0.29, 0.717) is 22.9 Å². The number of ether oxygens (including phenoxy) is 2. The third kappa shape index (κ3) is 4.43. The summed E-state index contributed by atoms with van der Waals surface area (Å²) in [6.07, 6.45) is 1.57. The number of benzene rings is 3. The normalized spacial score (nSPS) is 14.7. The van der Waals surface area contributed by atoms with Crippen molar-refractivity contribution in [2.75, 3.05) is 13.7 Å². The van der Waals surface area contributed by atoms with E-state index in [9.17, 15) is 14.4 Å². The van der Waals surface area contributed by atoms with E-state index in [2.05, 4.69) is 10.1 Å². The topological polar surface area (TPSA) is 84.9 Å².